The molecule has 4 nitrogen and oxygen atoms in total. The van der Waals surface area contributed by atoms with Crippen molar-refractivity contribution in [1.29, 1.82) is 0 Å². The van der Waals surface area contributed by atoms with Gasteiger partial charge in [-0.3, -0.25) is 9.79 Å². The standard InChI is InChI=1S/C20H16FN3O/c21-14-5-3-4-13(12-14)17-10-8-15(22-17)9-11-19-23-18-7-2-1-6-16(18)20(25)24-19/h1-7,10,12H,8-9,11H2,(H,23,24,25). The quantitative estimate of drug-likeness (QED) is 0.788. The van der Waals surface area contributed by atoms with Gasteiger partial charge < -0.3 is 4.98 Å². The van der Waals surface area contributed by atoms with Crippen LogP contribution in [0.15, 0.2) is 64.4 Å². The van der Waals surface area contributed by atoms with Gasteiger partial charge in [0, 0.05) is 24.1 Å². The van der Waals surface area contributed by atoms with Gasteiger partial charge in [-0.05, 0) is 30.7 Å². The second-order valence-corrected chi connectivity index (χ2v) is 6.01. The number of aromatic nitrogens is 2. The second kappa shape index (κ2) is 6.43. The zero-order chi connectivity index (χ0) is 17.2. The van der Waals surface area contributed by atoms with Crippen LogP contribution in [0.4, 0.5) is 4.39 Å². The molecule has 0 spiro atoms. The number of hydrogen-bond acceptors (Lipinski definition) is 3. The Hall–Kier alpha value is -3.08. The molecule has 2 heterocycles. The maximum atomic E-state index is 13.3. The summed E-state index contributed by atoms with van der Waals surface area (Å²) in [5.74, 6) is 0.394. The predicted octanol–water partition coefficient (Wildman–Crippen LogP) is 3.88. The first-order chi connectivity index (χ1) is 12.2. The number of H-pyrrole nitrogens is 1. The number of allylic oxidation sites excluding steroid dienone is 1. The molecule has 0 saturated carbocycles. The summed E-state index contributed by atoms with van der Waals surface area (Å²) in [6.07, 6.45) is 4.06. The van der Waals surface area contributed by atoms with Crippen molar-refractivity contribution in [2.45, 2.75) is 19.3 Å². The highest BCUT2D eigenvalue weighted by molar-refractivity contribution is 5.95. The molecule has 1 aliphatic heterocycles. The molecule has 1 aliphatic rings. The van der Waals surface area contributed by atoms with Crippen LogP contribution in [0.25, 0.3) is 16.6 Å². The molecule has 0 saturated heterocycles. The minimum absolute atomic E-state index is 0.118. The SMILES string of the molecule is O=c1[nH]c(CCC2=NC(c3cccc(F)c3)=CC2)nc2ccccc12. The van der Waals surface area contributed by atoms with E-state index in [4.69, 9.17) is 0 Å². The van der Waals surface area contributed by atoms with E-state index in [1.807, 2.05) is 30.3 Å². The molecule has 2 aromatic carbocycles. The van der Waals surface area contributed by atoms with Gasteiger partial charge in [-0.1, -0.05) is 30.3 Å². The van der Waals surface area contributed by atoms with Gasteiger partial charge in [0.25, 0.3) is 5.56 Å². The van der Waals surface area contributed by atoms with E-state index < -0.39 is 0 Å². The molecule has 0 aliphatic carbocycles. The zero-order valence-electron chi connectivity index (χ0n) is 13.5. The van der Waals surface area contributed by atoms with Crippen molar-refractivity contribution in [3.05, 3.63) is 82.2 Å². The number of aromatic amines is 1. The Balaban J connectivity index is 1.49. The van der Waals surface area contributed by atoms with E-state index in [2.05, 4.69) is 15.0 Å². The molecular weight excluding hydrogens is 317 g/mol. The van der Waals surface area contributed by atoms with Gasteiger partial charge in [0.15, 0.2) is 0 Å². The normalized spacial score (nSPS) is 13.8. The average Bonchev–Trinajstić information content (AvgIpc) is 3.09. The van der Waals surface area contributed by atoms with Gasteiger partial charge in [-0.15, -0.1) is 0 Å². The van der Waals surface area contributed by atoms with Gasteiger partial charge in [0.1, 0.15) is 11.6 Å². The van der Waals surface area contributed by atoms with Crippen LogP contribution in [0.5, 0.6) is 0 Å². The number of nitrogens with one attached hydrogen (secondary N) is 1. The van der Waals surface area contributed by atoms with Crippen molar-refractivity contribution in [2.75, 3.05) is 0 Å². The van der Waals surface area contributed by atoms with Crippen molar-refractivity contribution < 1.29 is 4.39 Å². The zero-order valence-corrected chi connectivity index (χ0v) is 13.5. The Kier molecular flexibility index (Phi) is 3.98. The topological polar surface area (TPSA) is 58.1 Å². The Labute approximate surface area is 143 Å². The largest absolute Gasteiger partial charge is 0.310 e. The lowest BCUT2D eigenvalue weighted by molar-refractivity contribution is 0.627. The molecule has 25 heavy (non-hydrogen) atoms. The minimum atomic E-state index is -0.264. The smallest absolute Gasteiger partial charge is 0.258 e. The second-order valence-electron chi connectivity index (χ2n) is 6.01. The van der Waals surface area contributed by atoms with Crippen LogP contribution in [0.2, 0.25) is 0 Å². The Morgan fingerprint density at radius 3 is 2.84 bits per heavy atom. The van der Waals surface area contributed by atoms with Gasteiger partial charge in [-0.2, -0.15) is 0 Å². The van der Waals surface area contributed by atoms with E-state index >= 15 is 0 Å². The first-order valence-corrected chi connectivity index (χ1v) is 8.19. The van der Waals surface area contributed by atoms with Gasteiger partial charge in [-0.25, -0.2) is 9.37 Å². The monoisotopic (exact) mass is 333 g/mol. The molecule has 0 atom stereocenters. The number of para-hydroxylation sites is 1. The third-order valence-corrected chi connectivity index (χ3v) is 4.24. The average molecular weight is 333 g/mol. The first kappa shape index (κ1) is 15.4. The molecule has 1 aromatic heterocycles. The molecule has 0 bridgehead atoms. The van der Waals surface area contributed by atoms with Gasteiger partial charge >= 0.3 is 0 Å². The van der Waals surface area contributed by atoms with E-state index in [-0.39, 0.29) is 11.4 Å². The third-order valence-electron chi connectivity index (χ3n) is 4.24. The summed E-state index contributed by atoms with van der Waals surface area (Å²) in [6, 6.07) is 13.7. The number of aryl methyl sites for hydroxylation is 1. The van der Waals surface area contributed by atoms with Crippen LogP contribution < -0.4 is 5.56 Å². The molecule has 0 amide bonds. The summed E-state index contributed by atoms with van der Waals surface area (Å²) in [4.78, 5) is 24.0. The molecule has 0 unspecified atom stereocenters. The van der Waals surface area contributed by atoms with Gasteiger partial charge in [0.05, 0.1) is 16.6 Å². The number of aliphatic imine (C=N–C) groups is 1. The first-order valence-electron chi connectivity index (χ1n) is 8.19. The summed E-state index contributed by atoms with van der Waals surface area (Å²) in [5, 5.41) is 0.597. The lowest BCUT2D eigenvalue weighted by atomic mass is 10.1. The summed E-state index contributed by atoms with van der Waals surface area (Å²) in [6.45, 7) is 0. The Morgan fingerprint density at radius 2 is 1.96 bits per heavy atom. The molecule has 4 rings (SSSR count). The lowest BCUT2D eigenvalue weighted by Crippen LogP contribution is -2.12. The van der Waals surface area contributed by atoms with E-state index in [1.54, 1.807) is 12.1 Å². The van der Waals surface area contributed by atoms with Crippen molar-refractivity contribution in [3.8, 4) is 0 Å². The predicted molar refractivity (Wildman–Crippen MR) is 97.1 cm³/mol. The fourth-order valence-electron chi connectivity index (χ4n) is 2.98. The highest BCUT2D eigenvalue weighted by atomic mass is 19.1. The molecular formula is C20H16FN3O. The molecule has 1 N–H and O–H groups in total. The molecule has 0 radical (unpaired) electrons. The highest BCUT2D eigenvalue weighted by Gasteiger charge is 2.12. The van der Waals surface area contributed by atoms with E-state index in [1.165, 1.54) is 12.1 Å². The number of rotatable bonds is 4. The summed E-state index contributed by atoms with van der Waals surface area (Å²) >= 11 is 0. The van der Waals surface area contributed by atoms with Crippen LogP contribution in [0.1, 0.15) is 24.2 Å². The molecule has 3 aromatic rings. The Bertz CT molecular complexity index is 1070. The van der Waals surface area contributed by atoms with Crippen molar-refractivity contribution in [1.82, 2.24) is 9.97 Å². The van der Waals surface area contributed by atoms with Crippen LogP contribution in [-0.2, 0) is 6.42 Å². The van der Waals surface area contributed by atoms with E-state index in [0.29, 0.717) is 29.6 Å². The summed E-state index contributed by atoms with van der Waals surface area (Å²) in [5.41, 5.74) is 3.18. The van der Waals surface area contributed by atoms with E-state index in [0.717, 1.165) is 23.4 Å². The van der Waals surface area contributed by atoms with Crippen molar-refractivity contribution in [3.63, 3.8) is 0 Å². The summed E-state index contributed by atoms with van der Waals surface area (Å²) in [7, 11) is 0. The fourth-order valence-corrected chi connectivity index (χ4v) is 2.98. The van der Waals surface area contributed by atoms with Crippen molar-refractivity contribution >= 4 is 22.3 Å². The fraction of sp³-hybridized carbons (Fsp3) is 0.150. The lowest BCUT2D eigenvalue weighted by Gasteiger charge is -2.03. The number of fused-ring (bicyclic) bond motifs is 1. The highest BCUT2D eigenvalue weighted by Crippen LogP contribution is 2.24. The molecule has 124 valence electrons. The van der Waals surface area contributed by atoms with Crippen LogP contribution in [0.3, 0.4) is 0 Å². The number of halogens is 1. The number of benzene rings is 2. The van der Waals surface area contributed by atoms with Gasteiger partial charge in [0.2, 0.25) is 0 Å². The van der Waals surface area contributed by atoms with Crippen LogP contribution in [0, 0.1) is 5.82 Å². The van der Waals surface area contributed by atoms with Crippen LogP contribution in [-0.4, -0.2) is 15.7 Å². The van der Waals surface area contributed by atoms with Crippen LogP contribution >= 0.6 is 0 Å². The molecule has 5 heteroatoms. The minimum Gasteiger partial charge on any atom is -0.310 e. The summed E-state index contributed by atoms with van der Waals surface area (Å²) < 4.78 is 13.3. The Morgan fingerprint density at radius 1 is 1.08 bits per heavy atom. The number of nitrogens with zero attached hydrogens (tertiary/aromatic N) is 2. The van der Waals surface area contributed by atoms with Crippen molar-refractivity contribution in [2.24, 2.45) is 4.99 Å². The molecule has 0 fully saturated rings. The maximum absolute atomic E-state index is 13.3. The number of hydrogen-bond donors (Lipinski definition) is 1. The maximum Gasteiger partial charge on any atom is 0.258 e. The third kappa shape index (κ3) is 3.26. The van der Waals surface area contributed by atoms with E-state index in [9.17, 15) is 9.18 Å².